The van der Waals surface area contributed by atoms with Crippen molar-refractivity contribution in [3.05, 3.63) is 132 Å². The summed E-state index contributed by atoms with van der Waals surface area (Å²) in [6.07, 6.45) is 0. The summed E-state index contributed by atoms with van der Waals surface area (Å²) >= 11 is 0. The van der Waals surface area contributed by atoms with Crippen LogP contribution in [0.5, 0.6) is 5.75 Å². The highest BCUT2D eigenvalue weighted by molar-refractivity contribution is 5.47. The molecule has 0 aliphatic heterocycles. The Morgan fingerprint density at radius 1 is 0.436 bits per heavy atom. The monoisotopic (exact) mass is 527 g/mol. The number of nitrogen functional groups attached to an aromatic ring is 1. The SMILES string of the molecule is Nc1ccc(OCCOCCOCCOCCOC(c2ccccc2)(c2ccccc2)c2ccccc2)cc1. The molecule has 0 saturated heterocycles. The molecule has 0 fully saturated rings. The van der Waals surface area contributed by atoms with E-state index in [1.807, 2.05) is 78.9 Å². The highest BCUT2D eigenvalue weighted by atomic mass is 16.6. The summed E-state index contributed by atoms with van der Waals surface area (Å²) in [4.78, 5) is 0. The molecule has 0 aromatic heterocycles. The van der Waals surface area contributed by atoms with Gasteiger partial charge in [0.1, 0.15) is 18.0 Å². The van der Waals surface area contributed by atoms with Crippen molar-refractivity contribution in [1.29, 1.82) is 0 Å². The van der Waals surface area contributed by atoms with Gasteiger partial charge < -0.3 is 29.4 Å². The molecule has 4 aromatic carbocycles. The average Bonchev–Trinajstić information content (AvgIpc) is 3.00. The van der Waals surface area contributed by atoms with E-state index in [1.165, 1.54) is 0 Å². The normalized spacial score (nSPS) is 11.4. The molecule has 0 bridgehead atoms. The third kappa shape index (κ3) is 8.40. The Bertz CT molecular complexity index is 1090. The Morgan fingerprint density at radius 3 is 1.26 bits per heavy atom. The van der Waals surface area contributed by atoms with Crippen LogP contribution < -0.4 is 10.5 Å². The van der Waals surface area contributed by atoms with Gasteiger partial charge in [-0.2, -0.15) is 0 Å². The van der Waals surface area contributed by atoms with Crippen LogP contribution in [0.2, 0.25) is 0 Å². The molecule has 0 heterocycles. The average molecular weight is 528 g/mol. The molecule has 0 aliphatic rings. The Labute approximate surface area is 231 Å². The van der Waals surface area contributed by atoms with E-state index in [2.05, 4.69) is 36.4 Å². The molecule has 4 rings (SSSR count). The smallest absolute Gasteiger partial charge is 0.143 e. The maximum absolute atomic E-state index is 6.70. The first kappa shape index (κ1) is 28.3. The van der Waals surface area contributed by atoms with Gasteiger partial charge in [0.05, 0.1) is 46.2 Å². The van der Waals surface area contributed by atoms with Gasteiger partial charge in [-0.15, -0.1) is 0 Å². The van der Waals surface area contributed by atoms with E-state index < -0.39 is 5.60 Å². The molecule has 204 valence electrons. The molecule has 6 nitrogen and oxygen atoms in total. The summed E-state index contributed by atoms with van der Waals surface area (Å²) in [5, 5.41) is 0. The van der Waals surface area contributed by atoms with Crippen LogP contribution in [0, 0.1) is 0 Å². The van der Waals surface area contributed by atoms with Crippen LogP contribution in [0.3, 0.4) is 0 Å². The van der Waals surface area contributed by atoms with E-state index >= 15 is 0 Å². The minimum atomic E-state index is -0.738. The first-order valence-corrected chi connectivity index (χ1v) is 13.3. The van der Waals surface area contributed by atoms with Gasteiger partial charge in [0, 0.05) is 5.69 Å². The van der Waals surface area contributed by atoms with Crippen LogP contribution >= 0.6 is 0 Å². The lowest BCUT2D eigenvalue weighted by Gasteiger charge is -2.36. The lowest BCUT2D eigenvalue weighted by molar-refractivity contribution is -0.0373. The van der Waals surface area contributed by atoms with Crippen LogP contribution in [0.25, 0.3) is 0 Å². The molecular weight excluding hydrogens is 490 g/mol. The number of hydrogen-bond acceptors (Lipinski definition) is 6. The first-order valence-electron chi connectivity index (χ1n) is 13.3. The standard InChI is InChI=1S/C33H37NO5/c34-31-16-18-32(19-17-31)38-26-24-36-22-20-35-21-23-37-25-27-39-33(28-10-4-1-5-11-28,29-12-6-2-7-13-29)30-14-8-3-9-15-30/h1-19H,20-27,34H2. The minimum Gasteiger partial charge on any atom is -0.491 e. The molecule has 0 unspecified atom stereocenters. The van der Waals surface area contributed by atoms with E-state index in [0.29, 0.717) is 58.5 Å². The zero-order valence-electron chi connectivity index (χ0n) is 22.2. The third-order valence-corrected chi connectivity index (χ3v) is 6.21. The molecule has 2 N–H and O–H groups in total. The predicted octanol–water partition coefficient (Wildman–Crippen LogP) is 5.71. The highest BCUT2D eigenvalue weighted by Crippen LogP contribution is 2.40. The summed E-state index contributed by atoms with van der Waals surface area (Å²) in [6, 6.07) is 38.3. The predicted molar refractivity (Wildman–Crippen MR) is 154 cm³/mol. The topological polar surface area (TPSA) is 72.2 Å². The fourth-order valence-electron chi connectivity index (χ4n) is 4.35. The van der Waals surface area contributed by atoms with Gasteiger partial charge in [-0.3, -0.25) is 0 Å². The molecule has 0 spiro atoms. The Balaban J connectivity index is 1.18. The fraction of sp³-hybridized carbons (Fsp3) is 0.273. The van der Waals surface area contributed by atoms with Crippen molar-refractivity contribution in [2.24, 2.45) is 0 Å². The largest absolute Gasteiger partial charge is 0.491 e. The maximum atomic E-state index is 6.70. The van der Waals surface area contributed by atoms with Crippen molar-refractivity contribution in [1.82, 2.24) is 0 Å². The van der Waals surface area contributed by atoms with Crippen LogP contribution in [-0.2, 0) is 24.5 Å². The van der Waals surface area contributed by atoms with E-state index in [9.17, 15) is 0 Å². The first-order chi connectivity index (χ1) is 19.3. The van der Waals surface area contributed by atoms with Gasteiger partial charge in [0.25, 0.3) is 0 Å². The van der Waals surface area contributed by atoms with E-state index in [-0.39, 0.29) is 0 Å². The van der Waals surface area contributed by atoms with Crippen molar-refractivity contribution >= 4 is 5.69 Å². The molecule has 6 heteroatoms. The van der Waals surface area contributed by atoms with Crippen LogP contribution in [0.15, 0.2) is 115 Å². The quantitative estimate of drug-likeness (QED) is 0.108. The fourth-order valence-corrected chi connectivity index (χ4v) is 4.35. The lowest BCUT2D eigenvalue weighted by Crippen LogP contribution is -2.34. The van der Waals surface area contributed by atoms with Crippen LogP contribution in [-0.4, -0.2) is 52.9 Å². The molecule has 0 aliphatic carbocycles. The molecule has 39 heavy (non-hydrogen) atoms. The number of nitrogens with two attached hydrogens (primary N) is 1. The van der Waals surface area contributed by atoms with Crippen molar-refractivity contribution in [3.63, 3.8) is 0 Å². The van der Waals surface area contributed by atoms with Crippen molar-refractivity contribution in [2.45, 2.75) is 5.60 Å². The molecule has 0 saturated carbocycles. The van der Waals surface area contributed by atoms with Crippen LogP contribution in [0.1, 0.15) is 16.7 Å². The molecule has 4 aromatic rings. The summed E-state index contributed by atoms with van der Waals surface area (Å²) in [6.45, 7) is 3.83. The van der Waals surface area contributed by atoms with Gasteiger partial charge in [-0.05, 0) is 41.0 Å². The second-order valence-corrected chi connectivity index (χ2v) is 8.88. The number of rotatable bonds is 17. The zero-order valence-corrected chi connectivity index (χ0v) is 22.2. The van der Waals surface area contributed by atoms with Gasteiger partial charge >= 0.3 is 0 Å². The highest BCUT2D eigenvalue weighted by Gasteiger charge is 2.37. The van der Waals surface area contributed by atoms with Crippen molar-refractivity contribution < 1.29 is 23.7 Å². The number of benzene rings is 4. The molecule has 0 amide bonds. The van der Waals surface area contributed by atoms with E-state index in [4.69, 9.17) is 29.4 Å². The van der Waals surface area contributed by atoms with E-state index in [0.717, 1.165) is 22.4 Å². The van der Waals surface area contributed by atoms with Gasteiger partial charge in [0.2, 0.25) is 0 Å². The zero-order chi connectivity index (χ0) is 27.0. The minimum absolute atomic E-state index is 0.426. The second-order valence-electron chi connectivity index (χ2n) is 8.88. The summed E-state index contributed by atoms with van der Waals surface area (Å²) in [5.74, 6) is 0.777. The molecular formula is C33H37NO5. The van der Waals surface area contributed by atoms with E-state index in [1.54, 1.807) is 0 Å². The number of ether oxygens (including phenoxy) is 5. The van der Waals surface area contributed by atoms with Crippen molar-refractivity contribution in [2.75, 3.05) is 58.6 Å². The van der Waals surface area contributed by atoms with Crippen LogP contribution in [0.4, 0.5) is 5.69 Å². The Kier molecular flexibility index (Phi) is 11.4. The third-order valence-electron chi connectivity index (χ3n) is 6.21. The van der Waals surface area contributed by atoms with Gasteiger partial charge in [-0.1, -0.05) is 91.0 Å². The summed E-state index contributed by atoms with van der Waals surface area (Å²) < 4.78 is 29.3. The van der Waals surface area contributed by atoms with Crippen molar-refractivity contribution in [3.8, 4) is 5.75 Å². The molecule has 0 radical (unpaired) electrons. The number of anilines is 1. The molecule has 0 atom stereocenters. The van der Waals surface area contributed by atoms with Gasteiger partial charge in [0.15, 0.2) is 0 Å². The number of hydrogen-bond donors (Lipinski definition) is 1. The summed E-state index contributed by atoms with van der Waals surface area (Å²) in [5.41, 5.74) is 8.87. The maximum Gasteiger partial charge on any atom is 0.143 e. The Morgan fingerprint density at radius 2 is 0.821 bits per heavy atom. The van der Waals surface area contributed by atoms with Gasteiger partial charge in [-0.25, -0.2) is 0 Å². The summed E-state index contributed by atoms with van der Waals surface area (Å²) in [7, 11) is 0. The lowest BCUT2D eigenvalue weighted by atomic mass is 9.80. The Hall–Kier alpha value is -3.68. The second kappa shape index (κ2) is 15.7.